The smallest absolute Gasteiger partial charge is 0.230 e. The van der Waals surface area contributed by atoms with Crippen LogP contribution in [-0.2, 0) is 11.3 Å². The maximum atomic E-state index is 12.3. The molecule has 0 aliphatic carbocycles. The minimum atomic E-state index is -0.0520. The van der Waals surface area contributed by atoms with E-state index >= 15 is 0 Å². The van der Waals surface area contributed by atoms with Crippen molar-refractivity contribution in [3.8, 4) is 11.5 Å². The van der Waals surface area contributed by atoms with Gasteiger partial charge >= 0.3 is 0 Å². The second-order valence-electron chi connectivity index (χ2n) is 5.91. The van der Waals surface area contributed by atoms with Crippen LogP contribution < -0.4 is 5.32 Å². The van der Waals surface area contributed by atoms with E-state index in [0.29, 0.717) is 17.5 Å². The zero-order chi connectivity index (χ0) is 19.1. The third-order valence-electron chi connectivity index (χ3n) is 3.93. The summed E-state index contributed by atoms with van der Waals surface area (Å²) in [5, 5.41) is 12.1. The van der Waals surface area contributed by atoms with Gasteiger partial charge in [0, 0.05) is 12.7 Å². The van der Waals surface area contributed by atoms with Gasteiger partial charge in [0.25, 0.3) is 0 Å². The highest BCUT2D eigenvalue weighted by atomic mass is 32.2. The molecular formula is C20H21N5OS. The van der Waals surface area contributed by atoms with Gasteiger partial charge < -0.3 is 5.32 Å². The number of hydrogen-bond donors (Lipinski definition) is 1. The zero-order valence-electron chi connectivity index (χ0n) is 15.1. The summed E-state index contributed by atoms with van der Waals surface area (Å²) in [6.45, 7) is 6.31. The molecular weight excluding hydrogens is 358 g/mol. The third kappa shape index (κ3) is 4.83. The Bertz CT molecular complexity index is 895. The molecule has 138 valence electrons. The summed E-state index contributed by atoms with van der Waals surface area (Å²) in [7, 11) is 0. The average Bonchev–Trinajstić information content (AvgIpc) is 3.10. The summed E-state index contributed by atoms with van der Waals surface area (Å²) >= 11 is 1.35. The van der Waals surface area contributed by atoms with Crippen LogP contribution in [0.4, 0.5) is 0 Å². The van der Waals surface area contributed by atoms with Crippen molar-refractivity contribution in [3.63, 3.8) is 0 Å². The number of aromatic nitrogens is 4. The second kappa shape index (κ2) is 9.14. The predicted octanol–water partition coefficient (Wildman–Crippen LogP) is 3.50. The lowest BCUT2D eigenvalue weighted by Gasteiger charge is -2.14. The van der Waals surface area contributed by atoms with E-state index in [9.17, 15) is 4.79 Å². The van der Waals surface area contributed by atoms with E-state index in [0.717, 1.165) is 11.3 Å². The topological polar surface area (TPSA) is 72.7 Å². The van der Waals surface area contributed by atoms with Crippen LogP contribution in [0.5, 0.6) is 0 Å². The molecule has 1 amide bonds. The summed E-state index contributed by atoms with van der Waals surface area (Å²) in [6.07, 6.45) is 3.49. The molecule has 1 unspecified atom stereocenters. The monoisotopic (exact) mass is 379 g/mol. The highest BCUT2D eigenvalue weighted by Crippen LogP contribution is 2.23. The maximum Gasteiger partial charge on any atom is 0.230 e. The lowest BCUT2D eigenvalue weighted by Crippen LogP contribution is -2.28. The Morgan fingerprint density at radius 2 is 2.00 bits per heavy atom. The van der Waals surface area contributed by atoms with Crippen molar-refractivity contribution in [2.75, 3.05) is 5.75 Å². The van der Waals surface area contributed by atoms with Gasteiger partial charge in [-0.25, -0.2) is 0 Å². The van der Waals surface area contributed by atoms with Crippen LogP contribution in [-0.4, -0.2) is 31.4 Å². The molecule has 3 rings (SSSR count). The minimum Gasteiger partial charge on any atom is -0.349 e. The van der Waals surface area contributed by atoms with E-state index in [1.54, 1.807) is 12.3 Å². The normalized spacial score (nSPS) is 11.7. The summed E-state index contributed by atoms with van der Waals surface area (Å²) in [5.41, 5.74) is 1.81. The van der Waals surface area contributed by atoms with E-state index < -0.39 is 0 Å². The first kappa shape index (κ1) is 18.8. The molecule has 0 saturated heterocycles. The van der Waals surface area contributed by atoms with Crippen LogP contribution in [0.25, 0.3) is 11.5 Å². The molecule has 1 aromatic carbocycles. The molecule has 0 saturated carbocycles. The van der Waals surface area contributed by atoms with Gasteiger partial charge in [0.15, 0.2) is 11.0 Å². The van der Waals surface area contributed by atoms with Crippen LogP contribution in [0.1, 0.15) is 18.5 Å². The van der Waals surface area contributed by atoms with Gasteiger partial charge in [-0.15, -0.1) is 16.8 Å². The lowest BCUT2D eigenvalue weighted by atomic mass is 10.1. The number of amides is 1. The van der Waals surface area contributed by atoms with Gasteiger partial charge in [-0.2, -0.15) is 0 Å². The fourth-order valence-corrected chi connectivity index (χ4v) is 3.37. The van der Waals surface area contributed by atoms with Crippen molar-refractivity contribution < 1.29 is 4.79 Å². The Balaban J connectivity index is 1.66. The van der Waals surface area contributed by atoms with Gasteiger partial charge in [0.05, 0.1) is 11.8 Å². The number of rotatable bonds is 8. The van der Waals surface area contributed by atoms with Crippen LogP contribution in [0.3, 0.4) is 0 Å². The molecule has 2 heterocycles. The second-order valence-corrected chi connectivity index (χ2v) is 6.85. The van der Waals surface area contributed by atoms with E-state index in [2.05, 4.69) is 27.1 Å². The molecule has 6 nitrogen and oxygen atoms in total. The van der Waals surface area contributed by atoms with E-state index in [-0.39, 0.29) is 17.7 Å². The third-order valence-corrected chi connectivity index (χ3v) is 4.90. The Labute approximate surface area is 162 Å². The minimum absolute atomic E-state index is 0.0468. The summed E-state index contributed by atoms with van der Waals surface area (Å²) < 4.78 is 1.91. The fraction of sp³-hybridized carbons (Fsp3) is 0.200. The van der Waals surface area contributed by atoms with Gasteiger partial charge in [0.2, 0.25) is 5.91 Å². The summed E-state index contributed by atoms with van der Waals surface area (Å²) in [5.74, 6) is 0.870. The molecule has 27 heavy (non-hydrogen) atoms. The van der Waals surface area contributed by atoms with Crippen molar-refractivity contribution >= 4 is 17.7 Å². The molecule has 0 bridgehead atoms. The fourth-order valence-electron chi connectivity index (χ4n) is 2.61. The molecule has 0 spiro atoms. The number of allylic oxidation sites excluding steroid dienone is 1. The van der Waals surface area contributed by atoms with Crippen LogP contribution >= 0.6 is 11.8 Å². The quantitative estimate of drug-likeness (QED) is 0.479. The Morgan fingerprint density at radius 3 is 2.70 bits per heavy atom. The highest BCUT2D eigenvalue weighted by molar-refractivity contribution is 7.99. The first-order chi connectivity index (χ1) is 13.2. The van der Waals surface area contributed by atoms with Gasteiger partial charge in [-0.1, -0.05) is 54.2 Å². The first-order valence-electron chi connectivity index (χ1n) is 8.61. The number of nitrogens with one attached hydrogen (secondary N) is 1. The lowest BCUT2D eigenvalue weighted by molar-refractivity contribution is -0.119. The number of nitrogens with zero attached hydrogens (tertiary/aromatic N) is 4. The number of pyridine rings is 1. The number of hydrogen-bond acceptors (Lipinski definition) is 5. The number of thioether (sulfide) groups is 1. The van der Waals surface area contributed by atoms with Gasteiger partial charge in [-0.3, -0.25) is 14.3 Å². The van der Waals surface area contributed by atoms with E-state index in [1.807, 2.05) is 60.0 Å². The van der Waals surface area contributed by atoms with Crippen molar-refractivity contribution in [1.82, 2.24) is 25.1 Å². The SMILES string of the molecule is C=CCn1c(SCC(=O)NC(C)c2ccccc2)nnc1-c1ccccn1. The van der Waals surface area contributed by atoms with Crippen LogP contribution in [0.2, 0.25) is 0 Å². The largest absolute Gasteiger partial charge is 0.349 e. The molecule has 0 aliphatic rings. The molecule has 1 N–H and O–H groups in total. The van der Waals surface area contributed by atoms with Crippen molar-refractivity contribution in [2.45, 2.75) is 24.7 Å². The van der Waals surface area contributed by atoms with Crippen molar-refractivity contribution in [2.24, 2.45) is 0 Å². The molecule has 0 aliphatic heterocycles. The predicted molar refractivity (Wildman–Crippen MR) is 107 cm³/mol. The van der Waals surface area contributed by atoms with E-state index in [4.69, 9.17) is 0 Å². The average molecular weight is 379 g/mol. The summed E-state index contributed by atoms with van der Waals surface area (Å²) in [4.78, 5) is 16.7. The zero-order valence-corrected chi connectivity index (χ0v) is 15.9. The molecule has 0 radical (unpaired) electrons. The Kier molecular flexibility index (Phi) is 6.38. The Hall–Kier alpha value is -2.93. The van der Waals surface area contributed by atoms with Crippen molar-refractivity contribution in [1.29, 1.82) is 0 Å². The standard InChI is InChI=1S/C20H21N5OS/c1-3-13-25-19(17-11-7-8-12-21-17)23-24-20(25)27-14-18(26)22-15(2)16-9-5-4-6-10-16/h3-12,15H,1,13-14H2,2H3,(H,22,26). The van der Waals surface area contributed by atoms with Crippen molar-refractivity contribution in [3.05, 3.63) is 72.9 Å². The number of benzene rings is 1. The molecule has 0 fully saturated rings. The van der Waals surface area contributed by atoms with Gasteiger partial charge in [0.1, 0.15) is 5.69 Å². The molecule has 2 aromatic heterocycles. The first-order valence-corrected chi connectivity index (χ1v) is 9.60. The Morgan fingerprint density at radius 1 is 1.22 bits per heavy atom. The van der Waals surface area contributed by atoms with E-state index in [1.165, 1.54) is 11.8 Å². The van der Waals surface area contributed by atoms with Crippen LogP contribution in [0.15, 0.2) is 72.5 Å². The van der Waals surface area contributed by atoms with Crippen LogP contribution in [0, 0.1) is 0 Å². The van der Waals surface area contributed by atoms with Gasteiger partial charge in [-0.05, 0) is 24.6 Å². The molecule has 7 heteroatoms. The number of carbonyl (C=O) groups excluding carboxylic acids is 1. The molecule has 3 aromatic rings. The summed E-state index contributed by atoms with van der Waals surface area (Å²) in [6, 6.07) is 15.5. The maximum absolute atomic E-state index is 12.3. The highest BCUT2D eigenvalue weighted by Gasteiger charge is 2.16. The molecule has 1 atom stereocenters. The number of carbonyl (C=O) groups is 1.